The number of nitrogens with zero attached hydrogens (tertiary/aromatic N) is 1. The lowest BCUT2D eigenvalue weighted by atomic mass is 9.87. The normalized spacial score (nSPS) is 20.4. The van der Waals surface area contributed by atoms with E-state index >= 15 is 0 Å². The summed E-state index contributed by atoms with van der Waals surface area (Å²) in [5, 5.41) is 3.66. The van der Waals surface area contributed by atoms with Crippen LogP contribution in [0.4, 0.5) is 5.69 Å². The molecule has 2 aliphatic heterocycles. The number of fused-ring (bicyclic) bond motifs is 3. The van der Waals surface area contributed by atoms with Gasteiger partial charge in [0.2, 0.25) is 0 Å². The van der Waals surface area contributed by atoms with Crippen molar-refractivity contribution in [3.05, 3.63) is 64.2 Å². The van der Waals surface area contributed by atoms with E-state index in [4.69, 9.17) is 11.6 Å². The Morgan fingerprint density at radius 2 is 1.81 bits per heavy atom. The molecule has 1 N–H and O–H groups in total. The Morgan fingerprint density at radius 1 is 1.00 bits per heavy atom. The van der Waals surface area contributed by atoms with Crippen LogP contribution in [0.2, 0.25) is 5.02 Å². The lowest BCUT2D eigenvalue weighted by molar-refractivity contribution is 0.102. The van der Waals surface area contributed by atoms with Crippen molar-refractivity contribution in [2.75, 3.05) is 18.4 Å². The van der Waals surface area contributed by atoms with Gasteiger partial charge in [-0.1, -0.05) is 36.9 Å². The van der Waals surface area contributed by atoms with Crippen molar-refractivity contribution in [2.45, 2.75) is 44.6 Å². The number of hydrogen-bond donors (Lipinski definition) is 1. The standard InChI is InChI=1S/C22H25ClN2O/c23-18-8-6-16(7-9-18)22(26)24-19-10-11-20-17(15-19)12-14-25-13-4-2-1-3-5-21(20)25/h6-11,15,21H,1-5,12-14H2,(H,24,26)/t21-/m0/s1. The first-order valence-electron chi connectivity index (χ1n) is 9.64. The highest BCUT2D eigenvalue weighted by Gasteiger charge is 2.27. The van der Waals surface area contributed by atoms with Gasteiger partial charge in [-0.05, 0) is 73.3 Å². The lowest BCUT2D eigenvalue weighted by Crippen LogP contribution is -2.37. The molecule has 0 spiro atoms. The van der Waals surface area contributed by atoms with Crippen LogP contribution in [0.15, 0.2) is 42.5 Å². The molecule has 0 aromatic heterocycles. The zero-order chi connectivity index (χ0) is 17.9. The molecule has 0 saturated carbocycles. The molecule has 4 rings (SSSR count). The molecule has 0 unspecified atom stereocenters. The van der Waals surface area contributed by atoms with Gasteiger partial charge in [-0.3, -0.25) is 9.69 Å². The monoisotopic (exact) mass is 368 g/mol. The number of halogens is 1. The summed E-state index contributed by atoms with van der Waals surface area (Å²) in [6, 6.07) is 14.0. The van der Waals surface area contributed by atoms with Gasteiger partial charge in [-0.15, -0.1) is 0 Å². The highest BCUT2D eigenvalue weighted by Crippen LogP contribution is 2.36. The third kappa shape index (κ3) is 3.79. The summed E-state index contributed by atoms with van der Waals surface area (Å²) in [4.78, 5) is 15.1. The van der Waals surface area contributed by atoms with Crippen LogP contribution in [-0.2, 0) is 6.42 Å². The van der Waals surface area contributed by atoms with Crippen LogP contribution in [0.1, 0.15) is 59.6 Å². The van der Waals surface area contributed by atoms with E-state index in [-0.39, 0.29) is 5.91 Å². The summed E-state index contributed by atoms with van der Waals surface area (Å²) in [7, 11) is 0. The van der Waals surface area contributed by atoms with E-state index in [0.717, 1.165) is 18.7 Å². The van der Waals surface area contributed by atoms with Gasteiger partial charge in [0, 0.05) is 28.9 Å². The van der Waals surface area contributed by atoms with Crippen LogP contribution in [0, 0.1) is 0 Å². The molecule has 2 aromatic carbocycles. The zero-order valence-electron chi connectivity index (χ0n) is 15.0. The SMILES string of the molecule is O=C(Nc1ccc2c(c1)CCN1CCCCCC[C@@H]21)c1ccc(Cl)cc1. The predicted molar refractivity (Wildman–Crippen MR) is 107 cm³/mol. The first-order valence-corrected chi connectivity index (χ1v) is 10.0. The predicted octanol–water partition coefficient (Wildman–Crippen LogP) is 5.46. The maximum absolute atomic E-state index is 12.4. The average Bonchev–Trinajstić information content (AvgIpc) is 2.62. The Hall–Kier alpha value is -1.84. The molecule has 3 nitrogen and oxygen atoms in total. The highest BCUT2D eigenvalue weighted by atomic mass is 35.5. The van der Waals surface area contributed by atoms with E-state index in [1.165, 1.54) is 49.8 Å². The maximum Gasteiger partial charge on any atom is 0.255 e. The summed E-state index contributed by atoms with van der Waals surface area (Å²) in [5.74, 6) is -0.0926. The number of hydrogen-bond acceptors (Lipinski definition) is 2. The second-order valence-electron chi connectivity index (χ2n) is 7.38. The largest absolute Gasteiger partial charge is 0.322 e. The van der Waals surface area contributed by atoms with Crippen molar-refractivity contribution in [3.63, 3.8) is 0 Å². The van der Waals surface area contributed by atoms with E-state index in [1.807, 2.05) is 0 Å². The number of amides is 1. The van der Waals surface area contributed by atoms with Gasteiger partial charge in [-0.2, -0.15) is 0 Å². The van der Waals surface area contributed by atoms with Gasteiger partial charge in [0.25, 0.3) is 5.91 Å². The molecule has 136 valence electrons. The van der Waals surface area contributed by atoms with Crippen molar-refractivity contribution in [3.8, 4) is 0 Å². The minimum absolute atomic E-state index is 0.0926. The van der Waals surface area contributed by atoms with Crippen LogP contribution < -0.4 is 5.32 Å². The molecule has 1 amide bonds. The minimum Gasteiger partial charge on any atom is -0.322 e. The number of carbonyl (C=O) groups excluding carboxylic acids is 1. The molecule has 26 heavy (non-hydrogen) atoms. The molecule has 0 bridgehead atoms. The van der Waals surface area contributed by atoms with Crippen molar-refractivity contribution in [2.24, 2.45) is 0 Å². The molecule has 0 aliphatic carbocycles. The Bertz CT molecular complexity index is 787. The van der Waals surface area contributed by atoms with E-state index in [2.05, 4.69) is 28.4 Å². The van der Waals surface area contributed by atoms with Crippen LogP contribution in [0.25, 0.3) is 0 Å². The third-order valence-corrected chi connectivity index (χ3v) is 5.90. The Labute approximate surface area is 160 Å². The van der Waals surface area contributed by atoms with E-state index in [9.17, 15) is 4.79 Å². The minimum atomic E-state index is -0.0926. The number of benzene rings is 2. The fourth-order valence-corrected chi connectivity index (χ4v) is 4.38. The van der Waals surface area contributed by atoms with Gasteiger partial charge >= 0.3 is 0 Å². The maximum atomic E-state index is 12.4. The van der Waals surface area contributed by atoms with E-state index in [0.29, 0.717) is 16.6 Å². The molecular weight excluding hydrogens is 344 g/mol. The van der Waals surface area contributed by atoms with Gasteiger partial charge in [0.15, 0.2) is 0 Å². The molecule has 2 heterocycles. The van der Waals surface area contributed by atoms with Crippen molar-refractivity contribution in [1.29, 1.82) is 0 Å². The first kappa shape index (κ1) is 17.6. The molecule has 4 heteroatoms. The van der Waals surface area contributed by atoms with Crippen LogP contribution in [-0.4, -0.2) is 23.9 Å². The van der Waals surface area contributed by atoms with Gasteiger partial charge in [0.05, 0.1) is 0 Å². The number of carbonyl (C=O) groups is 1. The van der Waals surface area contributed by atoms with Crippen LogP contribution >= 0.6 is 11.6 Å². The Morgan fingerprint density at radius 3 is 2.65 bits per heavy atom. The smallest absolute Gasteiger partial charge is 0.255 e. The van der Waals surface area contributed by atoms with Crippen molar-refractivity contribution < 1.29 is 4.79 Å². The molecule has 1 fully saturated rings. The van der Waals surface area contributed by atoms with Gasteiger partial charge < -0.3 is 5.32 Å². The Kier molecular flexibility index (Phi) is 5.28. The quantitative estimate of drug-likeness (QED) is 0.763. The van der Waals surface area contributed by atoms with Gasteiger partial charge in [-0.25, -0.2) is 0 Å². The molecule has 1 atom stereocenters. The third-order valence-electron chi connectivity index (χ3n) is 5.65. The summed E-state index contributed by atoms with van der Waals surface area (Å²) >= 11 is 5.90. The molecular formula is C22H25ClN2O. The second kappa shape index (κ2) is 7.81. The lowest BCUT2D eigenvalue weighted by Gasteiger charge is -2.39. The number of rotatable bonds is 2. The molecule has 0 radical (unpaired) electrons. The zero-order valence-corrected chi connectivity index (χ0v) is 15.8. The van der Waals surface area contributed by atoms with Crippen LogP contribution in [0.3, 0.4) is 0 Å². The summed E-state index contributed by atoms with van der Waals surface area (Å²) < 4.78 is 0. The second-order valence-corrected chi connectivity index (χ2v) is 7.82. The molecule has 1 saturated heterocycles. The van der Waals surface area contributed by atoms with E-state index in [1.54, 1.807) is 24.3 Å². The molecule has 2 aromatic rings. The molecule has 2 aliphatic rings. The van der Waals surface area contributed by atoms with Gasteiger partial charge in [0.1, 0.15) is 0 Å². The fourth-order valence-electron chi connectivity index (χ4n) is 4.26. The average molecular weight is 369 g/mol. The summed E-state index contributed by atoms with van der Waals surface area (Å²) in [6.07, 6.45) is 7.68. The van der Waals surface area contributed by atoms with Crippen LogP contribution in [0.5, 0.6) is 0 Å². The van der Waals surface area contributed by atoms with Crippen molar-refractivity contribution >= 4 is 23.2 Å². The number of nitrogens with one attached hydrogen (secondary N) is 1. The summed E-state index contributed by atoms with van der Waals surface area (Å²) in [6.45, 7) is 2.35. The van der Waals surface area contributed by atoms with Crippen molar-refractivity contribution in [1.82, 2.24) is 4.90 Å². The fraction of sp³-hybridized carbons (Fsp3) is 0.409. The summed E-state index contributed by atoms with van der Waals surface area (Å²) in [5.41, 5.74) is 4.35. The first-order chi connectivity index (χ1) is 12.7. The Balaban J connectivity index is 1.52. The number of anilines is 1. The van der Waals surface area contributed by atoms with E-state index < -0.39 is 0 Å². The topological polar surface area (TPSA) is 32.3 Å². The highest BCUT2D eigenvalue weighted by molar-refractivity contribution is 6.30.